The van der Waals surface area contributed by atoms with Crippen LogP contribution in [0.15, 0.2) is 53.3 Å². The minimum atomic E-state index is -0.369. The maximum absolute atomic E-state index is 12.6. The van der Waals surface area contributed by atoms with E-state index in [0.717, 1.165) is 5.39 Å². The lowest BCUT2D eigenvalue weighted by molar-refractivity contribution is -0.117. The first-order valence-corrected chi connectivity index (χ1v) is 9.49. The van der Waals surface area contributed by atoms with Gasteiger partial charge in [0.15, 0.2) is 0 Å². The number of hydrogen-bond acceptors (Lipinski definition) is 4. The molecule has 0 atom stereocenters. The number of aromatic nitrogens is 2. The molecule has 150 valence electrons. The Morgan fingerprint density at radius 1 is 1.03 bits per heavy atom. The second kappa shape index (κ2) is 8.68. The maximum Gasteiger partial charge on any atom is 0.275 e. The van der Waals surface area contributed by atoms with E-state index in [9.17, 15) is 14.4 Å². The number of carbonyl (C=O) groups is 2. The van der Waals surface area contributed by atoms with Crippen LogP contribution >= 0.6 is 0 Å². The molecule has 7 heteroatoms. The second-order valence-corrected chi connectivity index (χ2v) is 7.32. The zero-order valence-electron chi connectivity index (χ0n) is 16.7. The molecule has 1 aromatic heterocycles. The lowest BCUT2D eigenvalue weighted by Crippen LogP contribution is -2.30. The monoisotopic (exact) mass is 392 g/mol. The molecule has 2 amide bonds. The molecule has 0 unspecified atom stereocenters. The predicted octanol–water partition coefficient (Wildman–Crippen LogP) is 2.73. The van der Waals surface area contributed by atoms with Crippen LogP contribution in [0.4, 0.5) is 5.69 Å². The highest BCUT2D eigenvalue weighted by atomic mass is 16.2. The van der Waals surface area contributed by atoms with Crippen LogP contribution in [0.2, 0.25) is 0 Å². The molecule has 0 fully saturated rings. The van der Waals surface area contributed by atoms with E-state index in [4.69, 9.17) is 0 Å². The van der Waals surface area contributed by atoms with Gasteiger partial charge in [0.05, 0.1) is 11.1 Å². The van der Waals surface area contributed by atoms with Gasteiger partial charge in [-0.1, -0.05) is 32.0 Å². The fourth-order valence-electron chi connectivity index (χ4n) is 2.95. The summed E-state index contributed by atoms with van der Waals surface area (Å²) in [6, 6.07) is 13.8. The fraction of sp³-hybridized carbons (Fsp3) is 0.273. The van der Waals surface area contributed by atoms with Gasteiger partial charge < -0.3 is 10.6 Å². The molecule has 3 aromatic rings. The average molecular weight is 392 g/mol. The van der Waals surface area contributed by atoms with Crippen LogP contribution < -0.4 is 16.2 Å². The highest BCUT2D eigenvalue weighted by Gasteiger charge is 2.12. The third-order valence-electron chi connectivity index (χ3n) is 4.45. The summed E-state index contributed by atoms with van der Waals surface area (Å²) in [5, 5.41) is 11.1. The van der Waals surface area contributed by atoms with Crippen LogP contribution in [0, 0.1) is 12.8 Å². The van der Waals surface area contributed by atoms with Crippen LogP contribution in [0.3, 0.4) is 0 Å². The topological polar surface area (TPSA) is 93.1 Å². The molecule has 0 bridgehead atoms. The Hall–Kier alpha value is -3.48. The van der Waals surface area contributed by atoms with Crippen molar-refractivity contribution < 1.29 is 9.59 Å². The van der Waals surface area contributed by atoms with Gasteiger partial charge in [-0.3, -0.25) is 14.4 Å². The Kier molecular flexibility index (Phi) is 6.07. The molecule has 0 aliphatic rings. The van der Waals surface area contributed by atoms with Gasteiger partial charge in [-0.25, -0.2) is 4.68 Å². The van der Waals surface area contributed by atoms with E-state index in [-0.39, 0.29) is 23.9 Å². The smallest absolute Gasteiger partial charge is 0.275 e. The van der Waals surface area contributed by atoms with E-state index in [2.05, 4.69) is 15.7 Å². The largest absolute Gasteiger partial charge is 0.352 e. The van der Waals surface area contributed by atoms with Crippen molar-refractivity contribution in [2.24, 2.45) is 5.92 Å². The van der Waals surface area contributed by atoms with Crippen molar-refractivity contribution in [2.45, 2.75) is 27.3 Å². The van der Waals surface area contributed by atoms with Gasteiger partial charge in [-0.15, -0.1) is 0 Å². The Balaban J connectivity index is 1.68. The first-order valence-electron chi connectivity index (χ1n) is 9.49. The molecular formula is C22H24N4O3. The highest BCUT2D eigenvalue weighted by molar-refractivity contribution is 5.95. The summed E-state index contributed by atoms with van der Waals surface area (Å²) >= 11 is 0. The Morgan fingerprint density at radius 3 is 2.34 bits per heavy atom. The van der Waals surface area contributed by atoms with E-state index in [1.54, 1.807) is 43.3 Å². The van der Waals surface area contributed by atoms with Gasteiger partial charge in [0.2, 0.25) is 5.91 Å². The number of hydrogen-bond donors (Lipinski definition) is 2. The van der Waals surface area contributed by atoms with Crippen molar-refractivity contribution in [3.8, 4) is 0 Å². The lowest BCUT2D eigenvalue weighted by Gasteiger charge is -2.10. The van der Waals surface area contributed by atoms with Crippen LogP contribution in [-0.2, 0) is 11.3 Å². The number of rotatable bonds is 6. The van der Waals surface area contributed by atoms with E-state index < -0.39 is 0 Å². The van der Waals surface area contributed by atoms with Gasteiger partial charge in [0.25, 0.3) is 11.5 Å². The first-order chi connectivity index (χ1) is 13.8. The number of nitrogens with one attached hydrogen (secondary N) is 2. The molecule has 3 rings (SSSR count). The Morgan fingerprint density at radius 2 is 1.69 bits per heavy atom. The Bertz CT molecular complexity index is 1100. The minimum absolute atomic E-state index is 0.154. The second-order valence-electron chi connectivity index (χ2n) is 7.32. The third kappa shape index (κ3) is 4.87. The van der Waals surface area contributed by atoms with Gasteiger partial charge in [-0.05, 0) is 43.2 Å². The zero-order valence-corrected chi connectivity index (χ0v) is 16.7. The van der Waals surface area contributed by atoms with Crippen molar-refractivity contribution in [1.29, 1.82) is 0 Å². The fourth-order valence-corrected chi connectivity index (χ4v) is 2.95. The molecule has 1 heterocycles. The van der Waals surface area contributed by atoms with Crippen LogP contribution in [0.25, 0.3) is 10.8 Å². The summed E-state index contributed by atoms with van der Waals surface area (Å²) in [6.07, 6.45) is 0. The number of fused-ring (bicyclic) bond motifs is 1. The van der Waals surface area contributed by atoms with Crippen molar-refractivity contribution in [3.63, 3.8) is 0 Å². The standard InChI is InChI=1S/C22H24N4O3/c1-14(2)12-23-21(28)16-8-10-17(11-9-16)24-20(27)13-26-22(29)19-7-5-4-6-18(19)15(3)25-26/h4-11,14H,12-13H2,1-3H3,(H,23,28)(H,24,27). The van der Waals surface area contributed by atoms with Crippen molar-refractivity contribution in [3.05, 3.63) is 70.1 Å². The molecule has 0 saturated heterocycles. The molecule has 29 heavy (non-hydrogen) atoms. The summed E-state index contributed by atoms with van der Waals surface area (Å²) in [4.78, 5) is 37.0. The molecule has 0 saturated carbocycles. The highest BCUT2D eigenvalue weighted by Crippen LogP contribution is 2.12. The SMILES string of the molecule is Cc1nn(CC(=O)Nc2ccc(C(=O)NCC(C)C)cc2)c(=O)c2ccccc12. The molecule has 0 aliphatic carbocycles. The number of anilines is 1. The quantitative estimate of drug-likeness (QED) is 0.675. The van der Waals surface area contributed by atoms with Gasteiger partial charge in [0, 0.05) is 23.2 Å². The molecule has 0 radical (unpaired) electrons. The number of nitrogens with zero attached hydrogens (tertiary/aromatic N) is 2. The summed E-state index contributed by atoms with van der Waals surface area (Å²) in [7, 11) is 0. The maximum atomic E-state index is 12.6. The van der Waals surface area contributed by atoms with Gasteiger partial charge >= 0.3 is 0 Å². The number of carbonyl (C=O) groups excluding carboxylic acids is 2. The molecule has 0 aliphatic heterocycles. The molecule has 2 aromatic carbocycles. The van der Waals surface area contributed by atoms with Crippen LogP contribution in [0.5, 0.6) is 0 Å². The van der Waals surface area contributed by atoms with E-state index in [1.165, 1.54) is 4.68 Å². The zero-order chi connectivity index (χ0) is 21.0. The number of amides is 2. The number of benzene rings is 2. The van der Waals surface area contributed by atoms with E-state index in [1.807, 2.05) is 26.0 Å². The lowest BCUT2D eigenvalue weighted by atomic mass is 10.1. The molecule has 7 nitrogen and oxygen atoms in total. The van der Waals surface area contributed by atoms with Crippen molar-refractivity contribution >= 4 is 28.3 Å². The minimum Gasteiger partial charge on any atom is -0.352 e. The van der Waals surface area contributed by atoms with Crippen LogP contribution in [0.1, 0.15) is 29.9 Å². The van der Waals surface area contributed by atoms with E-state index >= 15 is 0 Å². The van der Waals surface area contributed by atoms with Crippen molar-refractivity contribution in [2.75, 3.05) is 11.9 Å². The van der Waals surface area contributed by atoms with Crippen LogP contribution in [-0.4, -0.2) is 28.1 Å². The average Bonchev–Trinajstić information content (AvgIpc) is 2.70. The van der Waals surface area contributed by atoms with Gasteiger partial charge in [0.1, 0.15) is 6.54 Å². The summed E-state index contributed by atoms with van der Waals surface area (Å²) in [5.74, 6) is -0.154. The molecule has 0 spiro atoms. The summed E-state index contributed by atoms with van der Waals surface area (Å²) in [5.41, 5.74) is 1.44. The van der Waals surface area contributed by atoms with Crippen molar-refractivity contribution in [1.82, 2.24) is 15.1 Å². The first kappa shape index (κ1) is 20.3. The summed E-state index contributed by atoms with van der Waals surface area (Å²) in [6.45, 7) is 6.26. The molecule has 2 N–H and O–H groups in total. The van der Waals surface area contributed by atoms with Gasteiger partial charge in [-0.2, -0.15) is 5.10 Å². The Labute approximate surface area is 168 Å². The third-order valence-corrected chi connectivity index (χ3v) is 4.45. The van der Waals surface area contributed by atoms with E-state index in [0.29, 0.717) is 34.8 Å². The number of aryl methyl sites for hydroxylation is 1. The molecular weight excluding hydrogens is 368 g/mol. The summed E-state index contributed by atoms with van der Waals surface area (Å²) < 4.78 is 1.17. The predicted molar refractivity (Wildman–Crippen MR) is 113 cm³/mol. The normalized spacial score (nSPS) is 10.9.